The predicted molar refractivity (Wildman–Crippen MR) is 69.0 cm³/mol. The molecule has 0 atom stereocenters. The number of hydrogen-bond acceptors (Lipinski definition) is 6. The van der Waals surface area contributed by atoms with E-state index in [0.29, 0.717) is 18.8 Å². The van der Waals surface area contributed by atoms with Crippen molar-refractivity contribution in [3.8, 4) is 0 Å². The third-order valence-electron chi connectivity index (χ3n) is 2.25. The first-order valence-corrected chi connectivity index (χ1v) is 5.66. The molecule has 104 valence electrons. The first kappa shape index (κ1) is 14.8. The zero-order chi connectivity index (χ0) is 14.3. The number of nitrogens with one attached hydrogen (secondary N) is 2. The Balaban J connectivity index is 2.59. The number of hydrogen-bond donors (Lipinski definition) is 2. The van der Waals surface area contributed by atoms with E-state index in [-0.39, 0.29) is 24.0 Å². The number of rotatable bonds is 7. The molecule has 8 heteroatoms. The molecule has 0 aliphatic heterocycles. The van der Waals surface area contributed by atoms with Crippen LogP contribution in [-0.2, 0) is 9.53 Å². The topological polar surface area (TPSA) is 106 Å². The summed E-state index contributed by atoms with van der Waals surface area (Å²) in [6, 6.07) is 2.90. The highest BCUT2D eigenvalue weighted by Gasteiger charge is 2.15. The van der Waals surface area contributed by atoms with Crippen LogP contribution in [0.1, 0.15) is 5.69 Å². The second-order valence-electron chi connectivity index (χ2n) is 3.77. The highest BCUT2D eigenvalue weighted by atomic mass is 16.6. The summed E-state index contributed by atoms with van der Waals surface area (Å²) in [4.78, 5) is 25.7. The monoisotopic (exact) mass is 268 g/mol. The van der Waals surface area contributed by atoms with Gasteiger partial charge in [0.05, 0.1) is 18.1 Å². The van der Waals surface area contributed by atoms with Crippen molar-refractivity contribution in [3.63, 3.8) is 0 Å². The number of aryl methyl sites for hydroxylation is 1. The van der Waals surface area contributed by atoms with Crippen molar-refractivity contribution in [2.75, 3.05) is 32.1 Å². The maximum Gasteiger partial charge on any atom is 0.311 e. The molecule has 0 radical (unpaired) electrons. The Morgan fingerprint density at radius 2 is 2.26 bits per heavy atom. The second kappa shape index (κ2) is 7.27. The van der Waals surface area contributed by atoms with Gasteiger partial charge in [-0.2, -0.15) is 0 Å². The van der Waals surface area contributed by atoms with E-state index in [1.807, 2.05) is 0 Å². The van der Waals surface area contributed by atoms with E-state index in [2.05, 4.69) is 15.6 Å². The number of carbonyl (C=O) groups excluding carboxylic acids is 1. The molecule has 1 rings (SSSR count). The molecule has 0 spiro atoms. The van der Waals surface area contributed by atoms with Crippen molar-refractivity contribution < 1.29 is 14.5 Å². The Morgan fingerprint density at radius 3 is 2.89 bits per heavy atom. The Bertz CT molecular complexity index is 464. The lowest BCUT2D eigenvalue weighted by molar-refractivity contribution is -0.384. The zero-order valence-electron chi connectivity index (χ0n) is 10.8. The number of methoxy groups -OCH3 is 1. The van der Waals surface area contributed by atoms with Gasteiger partial charge >= 0.3 is 5.69 Å². The summed E-state index contributed by atoms with van der Waals surface area (Å²) in [6.45, 7) is 2.43. The smallest absolute Gasteiger partial charge is 0.311 e. The number of anilines is 1. The van der Waals surface area contributed by atoms with Crippen molar-refractivity contribution in [3.05, 3.63) is 27.9 Å². The van der Waals surface area contributed by atoms with E-state index in [0.717, 1.165) is 0 Å². The molecule has 0 aliphatic rings. The van der Waals surface area contributed by atoms with Gasteiger partial charge in [0.2, 0.25) is 11.7 Å². The SMILES string of the molecule is COCCNC(=O)CNc1nc(C)ccc1[N+](=O)[O-]. The van der Waals surface area contributed by atoms with Gasteiger partial charge in [0.25, 0.3) is 0 Å². The average Bonchev–Trinajstić information content (AvgIpc) is 2.36. The molecule has 0 unspecified atom stereocenters. The third-order valence-corrected chi connectivity index (χ3v) is 2.25. The highest BCUT2D eigenvalue weighted by molar-refractivity contribution is 5.81. The number of ether oxygens (including phenoxy) is 1. The molecule has 19 heavy (non-hydrogen) atoms. The van der Waals surface area contributed by atoms with Crippen molar-refractivity contribution >= 4 is 17.4 Å². The van der Waals surface area contributed by atoms with Gasteiger partial charge in [-0.15, -0.1) is 0 Å². The van der Waals surface area contributed by atoms with Crippen LogP contribution in [0.25, 0.3) is 0 Å². The molecule has 0 aromatic carbocycles. The first-order valence-electron chi connectivity index (χ1n) is 5.66. The molecule has 0 saturated carbocycles. The van der Waals surface area contributed by atoms with Crippen LogP contribution in [-0.4, -0.2) is 42.6 Å². The minimum atomic E-state index is -0.544. The van der Waals surface area contributed by atoms with Gasteiger partial charge in [0.15, 0.2) is 0 Å². The molecule has 2 N–H and O–H groups in total. The summed E-state index contributed by atoms with van der Waals surface area (Å²) >= 11 is 0. The van der Waals surface area contributed by atoms with Crippen LogP contribution in [0, 0.1) is 17.0 Å². The van der Waals surface area contributed by atoms with E-state index in [9.17, 15) is 14.9 Å². The Kier molecular flexibility index (Phi) is 5.68. The van der Waals surface area contributed by atoms with Crippen molar-refractivity contribution in [2.24, 2.45) is 0 Å². The van der Waals surface area contributed by atoms with Crippen molar-refractivity contribution in [2.45, 2.75) is 6.92 Å². The molecule has 0 bridgehead atoms. The Morgan fingerprint density at radius 1 is 1.53 bits per heavy atom. The fourth-order valence-electron chi connectivity index (χ4n) is 1.35. The van der Waals surface area contributed by atoms with E-state index in [1.165, 1.54) is 13.2 Å². The molecular formula is C11H16N4O4. The van der Waals surface area contributed by atoms with Crippen LogP contribution in [0.15, 0.2) is 12.1 Å². The lowest BCUT2D eigenvalue weighted by Gasteiger charge is -2.07. The number of nitro groups is 1. The van der Waals surface area contributed by atoms with Crippen molar-refractivity contribution in [1.82, 2.24) is 10.3 Å². The number of carbonyl (C=O) groups is 1. The fourth-order valence-corrected chi connectivity index (χ4v) is 1.35. The standard InChI is InChI=1S/C11H16N4O4/c1-8-3-4-9(15(17)18)11(14-8)13-7-10(16)12-5-6-19-2/h3-4H,5-7H2,1-2H3,(H,12,16)(H,13,14). The molecule has 0 saturated heterocycles. The molecule has 1 amide bonds. The summed E-state index contributed by atoms with van der Waals surface area (Å²) in [6.07, 6.45) is 0. The third kappa shape index (κ3) is 4.88. The van der Waals surface area contributed by atoms with Crippen LogP contribution in [0.5, 0.6) is 0 Å². The summed E-state index contributed by atoms with van der Waals surface area (Å²) in [7, 11) is 1.53. The molecule has 1 aromatic heterocycles. The largest absolute Gasteiger partial charge is 0.383 e. The lowest BCUT2D eigenvalue weighted by atomic mass is 10.3. The van der Waals surface area contributed by atoms with Crippen LogP contribution in [0.3, 0.4) is 0 Å². The summed E-state index contributed by atoms with van der Waals surface area (Å²) in [5.74, 6) is -0.193. The van der Waals surface area contributed by atoms with Gasteiger partial charge in [0, 0.05) is 25.4 Å². The summed E-state index contributed by atoms with van der Waals surface area (Å²) < 4.78 is 4.78. The normalized spacial score (nSPS) is 10.0. The molecule has 1 aromatic rings. The van der Waals surface area contributed by atoms with Gasteiger partial charge in [-0.1, -0.05) is 0 Å². The first-order chi connectivity index (χ1) is 9.04. The van der Waals surface area contributed by atoms with Gasteiger partial charge < -0.3 is 15.4 Å². The Hall–Kier alpha value is -2.22. The predicted octanol–water partition coefficient (Wildman–Crippen LogP) is 0.473. The van der Waals surface area contributed by atoms with Crippen LogP contribution in [0.2, 0.25) is 0 Å². The molecule has 0 fully saturated rings. The van der Waals surface area contributed by atoms with Crippen molar-refractivity contribution in [1.29, 1.82) is 0 Å². The Labute approximate surface area is 110 Å². The minimum absolute atomic E-state index is 0.0823. The van der Waals surface area contributed by atoms with E-state index in [4.69, 9.17) is 4.74 Å². The summed E-state index contributed by atoms with van der Waals surface area (Å²) in [5, 5.41) is 16.0. The minimum Gasteiger partial charge on any atom is -0.383 e. The maximum absolute atomic E-state index is 11.4. The van der Waals surface area contributed by atoms with Crippen LogP contribution >= 0.6 is 0 Å². The summed E-state index contributed by atoms with van der Waals surface area (Å²) in [5.41, 5.74) is 0.475. The lowest BCUT2D eigenvalue weighted by Crippen LogP contribution is -2.32. The fraction of sp³-hybridized carbons (Fsp3) is 0.455. The van der Waals surface area contributed by atoms with E-state index < -0.39 is 4.92 Å². The quantitative estimate of drug-likeness (QED) is 0.423. The maximum atomic E-state index is 11.4. The molecular weight excluding hydrogens is 252 g/mol. The van der Waals surface area contributed by atoms with Gasteiger partial charge in [-0.05, 0) is 13.0 Å². The van der Waals surface area contributed by atoms with E-state index >= 15 is 0 Å². The molecule has 8 nitrogen and oxygen atoms in total. The average molecular weight is 268 g/mol. The molecule has 1 heterocycles. The molecule has 0 aliphatic carbocycles. The van der Waals surface area contributed by atoms with Gasteiger partial charge in [-0.25, -0.2) is 4.98 Å². The van der Waals surface area contributed by atoms with Gasteiger partial charge in [0.1, 0.15) is 0 Å². The zero-order valence-corrected chi connectivity index (χ0v) is 10.8. The van der Waals surface area contributed by atoms with Gasteiger partial charge in [-0.3, -0.25) is 14.9 Å². The van der Waals surface area contributed by atoms with Crippen LogP contribution in [0.4, 0.5) is 11.5 Å². The number of amides is 1. The number of pyridine rings is 1. The number of nitrogens with zero attached hydrogens (tertiary/aromatic N) is 2. The highest BCUT2D eigenvalue weighted by Crippen LogP contribution is 2.21. The van der Waals surface area contributed by atoms with Crippen LogP contribution < -0.4 is 10.6 Å². The number of aromatic nitrogens is 1. The second-order valence-corrected chi connectivity index (χ2v) is 3.77. The van der Waals surface area contributed by atoms with E-state index in [1.54, 1.807) is 13.0 Å².